The molecule has 0 aliphatic heterocycles. The van der Waals surface area contributed by atoms with Crippen LogP contribution in [0.1, 0.15) is 0 Å². The first kappa shape index (κ1) is 12.9. The summed E-state index contributed by atoms with van der Waals surface area (Å²) in [6.07, 6.45) is 0. The molecule has 3 aromatic carbocycles. The van der Waals surface area contributed by atoms with Crippen molar-refractivity contribution in [2.24, 2.45) is 0 Å². The maximum absolute atomic E-state index is 3.47. The number of benzene rings is 3. The standard InChI is InChI=1S/C19H17Si/c1-20(17-11-5-2-6-12-17,18-13-7-3-8-14-18)19-15-9-4-10-16-19/h2-15H,1H3. The fraction of sp³-hybridized carbons (Fsp3) is 0.0526. The first-order chi connectivity index (χ1) is 9.82. The quantitative estimate of drug-likeness (QED) is 0.508. The van der Waals surface area contributed by atoms with Crippen molar-refractivity contribution in [2.45, 2.75) is 6.55 Å². The fourth-order valence-electron chi connectivity index (χ4n) is 2.72. The lowest BCUT2D eigenvalue weighted by Gasteiger charge is -2.29. The van der Waals surface area contributed by atoms with Gasteiger partial charge in [0, 0.05) is 0 Å². The highest BCUT2D eigenvalue weighted by Gasteiger charge is 2.33. The van der Waals surface area contributed by atoms with Crippen LogP contribution in [0.2, 0.25) is 6.55 Å². The van der Waals surface area contributed by atoms with Crippen LogP contribution < -0.4 is 15.6 Å². The summed E-state index contributed by atoms with van der Waals surface area (Å²) in [5.74, 6) is 0. The average Bonchev–Trinajstić information content (AvgIpc) is 2.56. The van der Waals surface area contributed by atoms with Gasteiger partial charge in [0.15, 0.2) is 0 Å². The van der Waals surface area contributed by atoms with E-state index in [1.165, 1.54) is 15.6 Å². The molecule has 0 amide bonds. The zero-order valence-corrected chi connectivity index (χ0v) is 12.6. The van der Waals surface area contributed by atoms with E-state index in [2.05, 4.69) is 85.4 Å². The molecular weight excluding hydrogens is 256 g/mol. The van der Waals surface area contributed by atoms with Crippen molar-refractivity contribution in [3.05, 3.63) is 91.0 Å². The topological polar surface area (TPSA) is 0 Å². The molecule has 0 aromatic heterocycles. The van der Waals surface area contributed by atoms with Crippen LogP contribution in [-0.2, 0) is 0 Å². The van der Waals surface area contributed by atoms with Gasteiger partial charge >= 0.3 is 0 Å². The van der Waals surface area contributed by atoms with Crippen molar-refractivity contribution < 1.29 is 0 Å². The summed E-state index contributed by atoms with van der Waals surface area (Å²) < 4.78 is 0. The van der Waals surface area contributed by atoms with Crippen molar-refractivity contribution in [3.8, 4) is 0 Å². The summed E-state index contributed by atoms with van der Waals surface area (Å²) in [6.45, 7) is 2.41. The number of hydrogen-bond donors (Lipinski definition) is 0. The molecule has 20 heavy (non-hydrogen) atoms. The minimum absolute atomic E-state index is 1.33. The highest BCUT2D eigenvalue weighted by Crippen LogP contribution is 2.06. The minimum Gasteiger partial charge on any atom is -0.0624 e. The van der Waals surface area contributed by atoms with Gasteiger partial charge in [0.05, 0.1) is 0 Å². The molecule has 0 saturated carbocycles. The molecule has 0 unspecified atom stereocenters. The molecule has 3 aromatic rings. The van der Waals surface area contributed by atoms with E-state index in [4.69, 9.17) is 0 Å². The van der Waals surface area contributed by atoms with E-state index in [1.807, 2.05) is 12.1 Å². The summed E-state index contributed by atoms with van der Waals surface area (Å²) in [6, 6.07) is 33.5. The second kappa shape index (κ2) is 5.47. The van der Waals surface area contributed by atoms with Gasteiger partial charge in [-0.3, -0.25) is 0 Å². The molecule has 0 bridgehead atoms. The zero-order valence-electron chi connectivity index (χ0n) is 11.6. The number of rotatable bonds is 3. The van der Waals surface area contributed by atoms with E-state index in [-0.39, 0.29) is 0 Å². The van der Waals surface area contributed by atoms with Gasteiger partial charge in [0.25, 0.3) is 0 Å². The molecule has 0 aliphatic carbocycles. The van der Waals surface area contributed by atoms with Crippen LogP contribution in [0.5, 0.6) is 0 Å². The highest BCUT2D eigenvalue weighted by atomic mass is 28.3. The Labute approximate surface area is 121 Å². The summed E-state index contributed by atoms with van der Waals surface area (Å²) in [5, 5.41) is 4.18. The van der Waals surface area contributed by atoms with Gasteiger partial charge in [-0.05, 0) is 21.6 Å². The smallest absolute Gasteiger partial charge is 0.0624 e. The second-order valence-corrected chi connectivity index (χ2v) is 9.08. The van der Waals surface area contributed by atoms with E-state index < -0.39 is 8.07 Å². The Kier molecular flexibility index (Phi) is 3.53. The third-order valence-corrected chi connectivity index (χ3v) is 8.31. The van der Waals surface area contributed by atoms with Crippen molar-refractivity contribution in [1.29, 1.82) is 0 Å². The zero-order chi connectivity index (χ0) is 13.8. The first-order valence-electron chi connectivity index (χ1n) is 6.90. The molecule has 0 saturated heterocycles. The van der Waals surface area contributed by atoms with Gasteiger partial charge in [-0.1, -0.05) is 91.5 Å². The van der Waals surface area contributed by atoms with Crippen LogP contribution in [-0.4, -0.2) is 8.07 Å². The lowest BCUT2D eigenvalue weighted by molar-refractivity contribution is 1.66. The normalized spacial score (nSPS) is 11.2. The van der Waals surface area contributed by atoms with Crippen molar-refractivity contribution in [3.63, 3.8) is 0 Å². The Bertz CT molecular complexity index is 563. The Hall–Kier alpha value is -2.12. The van der Waals surface area contributed by atoms with E-state index in [0.29, 0.717) is 0 Å². The predicted octanol–water partition coefficient (Wildman–Crippen LogP) is 2.59. The third-order valence-electron chi connectivity index (χ3n) is 3.95. The van der Waals surface area contributed by atoms with Crippen LogP contribution in [0.4, 0.5) is 0 Å². The average molecular weight is 273 g/mol. The molecule has 1 heteroatoms. The molecule has 1 radical (unpaired) electrons. The van der Waals surface area contributed by atoms with Crippen LogP contribution >= 0.6 is 0 Å². The highest BCUT2D eigenvalue weighted by molar-refractivity contribution is 7.10. The molecule has 0 N–H and O–H groups in total. The Morgan fingerprint density at radius 1 is 0.650 bits per heavy atom. The Morgan fingerprint density at radius 3 is 1.60 bits per heavy atom. The predicted molar refractivity (Wildman–Crippen MR) is 88.7 cm³/mol. The van der Waals surface area contributed by atoms with E-state index in [9.17, 15) is 0 Å². The summed E-state index contributed by atoms with van der Waals surface area (Å²) in [4.78, 5) is 0. The molecule has 97 valence electrons. The van der Waals surface area contributed by atoms with Gasteiger partial charge in [0.1, 0.15) is 8.07 Å². The minimum atomic E-state index is -1.93. The molecule has 0 nitrogen and oxygen atoms in total. The van der Waals surface area contributed by atoms with Gasteiger partial charge in [-0.15, -0.1) is 0 Å². The summed E-state index contributed by atoms with van der Waals surface area (Å²) >= 11 is 0. The maximum atomic E-state index is 3.47. The molecule has 0 aliphatic rings. The van der Waals surface area contributed by atoms with Gasteiger partial charge in [-0.25, -0.2) is 0 Å². The Morgan fingerprint density at radius 2 is 1.15 bits per heavy atom. The monoisotopic (exact) mass is 273 g/mol. The molecule has 0 spiro atoms. The third kappa shape index (κ3) is 2.21. The molecule has 0 heterocycles. The molecular formula is C19H17Si. The van der Waals surface area contributed by atoms with Crippen LogP contribution in [0.3, 0.4) is 0 Å². The van der Waals surface area contributed by atoms with Crippen molar-refractivity contribution in [2.75, 3.05) is 0 Å². The van der Waals surface area contributed by atoms with Gasteiger partial charge in [0.2, 0.25) is 0 Å². The van der Waals surface area contributed by atoms with E-state index in [1.54, 1.807) is 0 Å². The van der Waals surface area contributed by atoms with Crippen LogP contribution in [0, 0.1) is 6.07 Å². The van der Waals surface area contributed by atoms with E-state index in [0.717, 1.165) is 0 Å². The van der Waals surface area contributed by atoms with Gasteiger partial charge in [-0.2, -0.15) is 0 Å². The molecule has 0 fully saturated rings. The van der Waals surface area contributed by atoms with E-state index >= 15 is 0 Å². The van der Waals surface area contributed by atoms with Crippen molar-refractivity contribution >= 4 is 23.6 Å². The largest absolute Gasteiger partial charge is 0.146 e. The number of hydrogen-bond acceptors (Lipinski definition) is 0. The molecule has 0 atom stereocenters. The molecule has 3 rings (SSSR count). The summed E-state index contributed by atoms with van der Waals surface area (Å²) in [5.41, 5.74) is 0. The SMILES string of the molecule is C[Si](c1[c]cccc1)(c1ccccc1)c1ccccc1. The second-order valence-electron chi connectivity index (χ2n) is 5.13. The lowest BCUT2D eigenvalue weighted by atomic mass is 10.3. The van der Waals surface area contributed by atoms with Crippen LogP contribution in [0.15, 0.2) is 84.9 Å². The summed E-state index contributed by atoms with van der Waals surface area (Å²) in [7, 11) is -1.93. The lowest BCUT2D eigenvalue weighted by Crippen LogP contribution is -2.64. The van der Waals surface area contributed by atoms with Crippen molar-refractivity contribution in [1.82, 2.24) is 0 Å². The first-order valence-corrected chi connectivity index (χ1v) is 9.40. The maximum Gasteiger partial charge on any atom is 0.146 e. The fourth-order valence-corrected chi connectivity index (χ4v) is 6.20. The van der Waals surface area contributed by atoms with Crippen LogP contribution in [0.25, 0.3) is 0 Å². The Balaban J connectivity index is 2.24. The van der Waals surface area contributed by atoms with Gasteiger partial charge < -0.3 is 0 Å².